The molecule has 0 saturated carbocycles. The van der Waals surface area contributed by atoms with Crippen LogP contribution in [0.15, 0.2) is 11.4 Å². The van der Waals surface area contributed by atoms with Crippen molar-refractivity contribution in [2.24, 2.45) is 5.92 Å². The van der Waals surface area contributed by atoms with E-state index in [1.807, 2.05) is 19.9 Å². The van der Waals surface area contributed by atoms with Gasteiger partial charge in [-0.3, -0.25) is 9.69 Å². The lowest BCUT2D eigenvalue weighted by Crippen LogP contribution is -2.64. The van der Waals surface area contributed by atoms with Gasteiger partial charge in [0.05, 0.1) is 11.2 Å². The van der Waals surface area contributed by atoms with E-state index in [1.165, 1.54) is 11.3 Å². The second-order valence-electron chi connectivity index (χ2n) is 5.54. The monoisotopic (exact) mass is 293 g/mol. The van der Waals surface area contributed by atoms with E-state index in [4.69, 9.17) is 5.26 Å². The summed E-state index contributed by atoms with van der Waals surface area (Å²) in [7, 11) is 0. The van der Waals surface area contributed by atoms with Crippen molar-refractivity contribution in [2.45, 2.75) is 25.9 Å². The zero-order chi connectivity index (χ0) is 14.8. The predicted molar refractivity (Wildman–Crippen MR) is 78.5 cm³/mol. The van der Waals surface area contributed by atoms with Crippen LogP contribution in [0.25, 0.3) is 0 Å². The van der Waals surface area contributed by atoms with Crippen molar-refractivity contribution in [3.05, 3.63) is 17.0 Å². The number of β-amino-alcohol motifs (C(OH)–C–C–N with tert-alkyl or cyclic N) is 1. The lowest BCUT2D eigenvalue weighted by Gasteiger charge is -2.49. The molecule has 5 nitrogen and oxygen atoms in total. The first-order valence-corrected chi connectivity index (χ1v) is 7.55. The standard InChI is InChI=1S/C14H19N3O2S/c1-10(2)14(19)8-17(9-14)5-3-12(18)16-13-11(7-15)4-6-20-13/h4,6,10,19H,3,5,8-9H2,1-2H3,(H,16,18). The second kappa shape index (κ2) is 5.92. The molecule has 108 valence electrons. The van der Waals surface area contributed by atoms with Crippen LogP contribution >= 0.6 is 11.3 Å². The molecule has 2 heterocycles. The Morgan fingerprint density at radius 3 is 2.95 bits per heavy atom. The number of carbonyl (C=O) groups is 1. The number of nitrogens with one attached hydrogen (secondary N) is 1. The van der Waals surface area contributed by atoms with Crippen LogP contribution in [-0.2, 0) is 4.79 Å². The number of likely N-dealkylation sites (tertiary alicyclic amines) is 1. The zero-order valence-electron chi connectivity index (χ0n) is 11.7. The van der Waals surface area contributed by atoms with Gasteiger partial charge in [0, 0.05) is 26.1 Å². The third-order valence-corrected chi connectivity index (χ3v) is 4.59. The number of hydrogen-bond donors (Lipinski definition) is 2. The summed E-state index contributed by atoms with van der Waals surface area (Å²) in [6.07, 6.45) is 0.372. The molecule has 1 aromatic heterocycles. The Labute approximate surface area is 122 Å². The van der Waals surface area contributed by atoms with E-state index in [0.29, 0.717) is 36.6 Å². The van der Waals surface area contributed by atoms with E-state index in [1.54, 1.807) is 11.4 Å². The van der Waals surface area contributed by atoms with Gasteiger partial charge in [0.15, 0.2) is 0 Å². The van der Waals surface area contributed by atoms with E-state index < -0.39 is 5.60 Å². The fourth-order valence-corrected chi connectivity index (χ4v) is 2.95. The minimum absolute atomic E-state index is 0.0936. The first-order valence-electron chi connectivity index (χ1n) is 6.67. The van der Waals surface area contributed by atoms with Gasteiger partial charge < -0.3 is 10.4 Å². The molecule has 0 aliphatic carbocycles. The largest absolute Gasteiger partial charge is 0.387 e. The summed E-state index contributed by atoms with van der Waals surface area (Å²) in [6, 6.07) is 3.74. The maximum absolute atomic E-state index is 11.8. The number of nitrogens with zero attached hydrogens (tertiary/aromatic N) is 2. The van der Waals surface area contributed by atoms with Gasteiger partial charge in [0.25, 0.3) is 0 Å². The third kappa shape index (κ3) is 3.18. The van der Waals surface area contributed by atoms with Crippen LogP contribution in [-0.4, -0.2) is 41.1 Å². The van der Waals surface area contributed by atoms with E-state index >= 15 is 0 Å². The van der Waals surface area contributed by atoms with Gasteiger partial charge in [-0.15, -0.1) is 11.3 Å². The molecule has 1 aliphatic heterocycles. The topological polar surface area (TPSA) is 76.4 Å². The van der Waals surface area contributed by atoms with E-state index in [-0.39, 0.29) is 11.8 Å². The molecule has 0 atom stereocenters. The molecule has 1 amide bonds. The molecule has 1 fully saturated rings. The van der Waals surface area contributed by atoms with Gasteiger partial charge in [0.2, 0.25) is 5.91 Å². The van der Waals surface area contributed by atoms with Crippen LogP contribution in [0.1, 0.15) is 25.8 Å². The maximum Gasteiger partial charge on any atom is 0.226 e. The van der Waals surface area contributed by atoms with E-state index in [0.717, 1.165) is 0 Å². The first kappa shape index (κ1) is 15.0. The lowest BCUT2D eigenvalue weighted by molar-refractivity contribution is -0.132. The molecular formula is C14H19N3O2S. The number of thiophene rings is 1. The van der Waals surface area contributed by atoms with Crippen molar-refractivity contribution in [1.82, 2.24) is 4.90 Å². The molecule has 0 unspecified atom stereocenters. The molecule has 1 saturated heterocycles. The SMILES string of the molecule is CC(C)C1(O)CN(CCC(=O)Nc2sccc2C#N)C1. The highest BCUT2D eigenvalue weighted by Crippen LogP contribution is 2.28. The first-order chi connectivity index (χ1) is 9.44. The number of aliphatic hydroxyl groups is 1. The van der Waals surface area contributed by atoms with Crippen LogP contribution < -0.4 is 5.32 Å². The van der Waals surface area contributed by atoms with Crippen molar-refractivity contribution in [3.63, 3.8) is 0 Å². The van der Waals surface area contributed by atoms with Crippen LogP contribution in [0.5, 0.6) is 0 Å². The maximum atomic E-state index is 11.8. The number of carbonyl (C=O) groups excluding carboxylic acids is 1. The van der Waals surface area contributed by atoms with Gasteiger partial charge in [-0.05, 0) is 17.4 Å². The van der Waals surface area contributed by atoms with Gasteiger partial charge in [0.1, 0.15) is 11.1 Å². The van der Waals surface area contributed by atoms with Gasteiger partial charge in [-0.1, -0.05) is 13.8 Å². The number of amides is 1. The van der Waals surface area contributed by atoms with E-state index in [9.17, 15) is 9.90 Å². The zero-order valence-corrected chi connectivity index (χ0v) is 12.5. The summed E-state index contributed by atoms with van der Waals surface area (Å²) in [6.45, 7) is 5.89. The molecule has 1 aliphatic rings. The lowest BCUT2D eigenvalue weighted by atomic mass is 9.83. The Kier molecular flexibility index (Phi) is 4.43. The number of hydrogen-bond acceptors (Lipinski definition) is 5. The number of nitriles is 1. The van der Waals surface area contributed by atoms with Crippen LogP contribution in [0.4, 0.5) is 5.00 Å². The molecule has 0 spiro atoms. The number of rotatable bonds is 5. The Morgan fingerprint density at radius 1 is 1.65 bits per heavy atom. The summed E-state index contributed by atoms with van der Waals surface area (Å²) >= 11 is 1.35. The summed E-state index contributed by atoms with van der Waals surface area (Å²) in [5.74, 6) is 0.140. The predicted octanol–water partition coefficient (Wildman–Crippen LogP) is 1.65. The van der Waals surface area contributed by atoms with Gasteiger partial charge in [-0.25, -0.2) is 0 Å². The third-order valence-electron chi connectivity index (χ3n) is 3.76. The smallest absolute Gasteiger partial charge is 0.226 e. The Balaban J connectivity index is 1.74. The normalized spacial score (nSPS) is 17.6. The van der Waals surface area contributed by atoms with Crippen molar-refractivity contribution < 1.29 is 9.90 Å². The molecule has 0 aromatic carbocycles. The molecule has 1 aromatic rings. The van der Waals surface area contributed by atoms with Crippen molar-refractivity contribution in [1.29, 1.82) is 5.26 Å². The van der Waals surface area contributed by atoms with Crippen LogP contribution in [0.3, 0.4) is 0 Å². The fourth-order valence-electron chi connectivity index (χ4n) is 2.19. The average molecular weight is 293 g/mol. The van der Waals surface area contributed by atoms with Gasteiger partial charge in [-0.2, -0.15) is 5.26 Å². The van der Waals surface area contributed by atoms with Crippen LogP contribution in [0.2, 0.25) is 0 Å². The molecule has 0 bridgehead atoms. The fraction of sp³-hybridized carbons (Fsp3) is 0.571. The summed E-state index contributed by atoms with van der Waals surface area (Å²) < 4.78 is 0. The highest BCUT2D eigenvalue weighted by Gasteiger charge is 2.43. The van der Waals surface area contributed by atoms with Crippen molar-refractivity contribution in [3.8, 4) is 6.07 Å². The molecule has 0 radical (unpaired) electrons. The Bertz CT molecular complexity index is 527. The molecule has 6 heteroatoms. The summed E-state index contributed by atoms with van der Waals surface area (Å²) in [4.78, 5) is 13.9. The Morgan fingerprint density at radius 2 is 2.35 bits per heavy atom. The molecule has 20 heavy (non-hydrogen) atoms. The minimum Gasteiger partial charge on any atom is -0.387 e. The second-order valence-corrected chi connectivity index (χ2v) is 6.46. The van der Waals surface area contributed by atoms with Crippen molar-refractivity contribution >= 4 is 22.2 Å². The average Bonchev–Trinajstić information content (AvgIpc) is 2.80. The van der Waals surface area contributed by atoms with Crippen LogP contribution in [0, 0.1) is 17.2 Å². The minimum atomic E-state index is -0.599. The van der Waals surface area contributed by atoms with Gasteiger partial charge >= 0.3 is 0 Å². The van der Waals surface area contributed by atoms with E-state index in [2.05, 4.69) is 10.2 Å². The molecular weight excluding hydrogens is 274 g/mol. The van der Waals surface area contributed by atoms with Crippen molar-refractivity contribution in [2.75, 3.05) is 25.0 Å². The highest BCUT2D eigenvalue weighted by atomic mass is 32.1. The highest BCUT2D eigenvalue weighted by molar-refractivity contribution is 7.14. The molecule has 2 N–H and O–H groups in total. The molecule has 2 rings (SSSR count). The quantitative estimate of drug-likeness (QED) is 0.865. The number of anilines is 1. The summed E-state index contributed by atoms with van der Waals surface area (Å²) in [5, 5.41) is 24.1. The Hall–Kier alpha value is -1.42. The summed E-state index contributed by atoms with van der Waals surface area (Å²) in [5.41, 5.74) is -0.0976.